The van der Waals surface area contributed by atoms with Gasteiger partial charge in [0.25, 0.3) is 0 Å². The van der Waals surface area contributed by atoms with Crippen molar-refractivity contribution >= 4 is 72.6 Å². The van der Waals surface area contributed by atoms with Crippen molar-refractivity contribution in [2.24, 2.45) is 0 Å². The Balaban J connectivity index is 1.21. The highest BCUT2D eigenvalue weighted by Crippen LogP contribution is 2.33. The third-order valence-corrected chi connectivity index (χ3v) is 16.0. The Labute approximate surface area is 330 Å². The van der Waals surface area contributed by atoms with Gasteiger partial charge in [0, 0.05) is 32.7 Å². The van der Waals surface area contributed by atoms with E-state index in [9.17, 15) is 0 Å². The summed E-state index contributed by atoms with van der Waals surface area (Å²) >= 11 is 0. The van der Waals surface area contributed by atoms with Crippen molar-refractivity contribution < 1.29 is 4.42 Å². The molecular weight excluding hydrogens is 713 g/mol. The van der Waals surface area contributed by atoms with Gasteiger partial charge in [-0.1, -0.05) is 182 Å². The topological polar surface area (TPSA) is 56.7 Å². The van der Waals surface area contributed by atoms with Crippen molar-refractivity contribution in [1.29, 1.82) is 0 Å². The summed E-state index contributed by atoms with van der Waals surface area (Å²) in [7, 11) is -3.06. The van der Waals surface area contributed by atoms with Crippen molar-refractivity contribution in [3.8, 4) is 28.7 Å². The van der Waals surface area contributed by atoms with Crippen LogP contribution in [-0.4, -0.2) is 27.6 Å². The van der Waals surface area contributed by atoms with E-state index in [1.54, 1.807) is 0 Å². The van der Waals surface area contributed by atoms with E-state index in [0.29, 0.717) is 17.6 Å². The number of para-hydroxylation sites is 3. The van der Waals surface area contributed by atoms with Gasteiger partial charge in [0.15, 0.2) is 19.7 Å². The van der Waals surface area contributed by atoms with Gasteiger partial charge < -0.3 is 4.42 Å². The Morgan fingerprint density at radius 1 is 0.386 bits per heavy atom. The van der Waals surface area contributed by atoms with Gasteiger partial charge in [-0.15, -0.1) is 0 Å². The van der Waals surface area contributed by atoms with Crippen molar-refractivity contribution in [2.75, 3.05) is 0 Å². The quantitative estimate of drug-likeness (QED) is 0.121. The average Bonchev–Trinajstić information content (AvgIpc) is 3.84. The van der Waals surface area contributed by atoms with Crippen molar-refractivity contribution in [2.45, 2.75) is 0 Å². The first-order valence-electron chi connectivity index (χ1n) is 19.2. The first kappa shape index (κ1) is 33.0. The molecule has 0 aliphatic carbocycles. The van der Waals surface area contributed by atoms with Crippen LogP contribution in [0.2, 0.25) is 0 Å². The van der Waals surface area contributed by atoms with Gasteiger partial charge >= 0.3 is 0 Å². The SMILES string of the molecule is c1ccc(-c2nc(-c3cccc([Si](c4ccccc4)(c4ccccc4)c4cccc5oc6ccccc6c45)c3)nc(-n3c4ccccc4c4ccccc43)n2)cc1. The normalized spacial score (nSPS) is 11.9. The molecule has 0 aliphatic rings. The van der Waals surface area contributed by atoms with Crippen LogP contribution in [0, 0.1) is 0 Å². The lowest BCUT2D eigenvalue weighted by Gasteiger charge is -2.35. The molecule has 0 radical (unpaired) electrons. The Bertz CT molecular complexity index is 3160. The Hall–Kier alpha value is -7.41. The van der Waals surface area contributed by atoms with Gasteiger partial charge in [0.1, 0.15) is 11.2 Å². The zero-order chi connectivity index (χ0) is 37.8. The second kappa shape index (κ2) is 13.4. The highest BCUT2D eigenvalue weighted by molar-refractivity contribution is 7.20. The van der Waals surface area contributed by atoms with E-state index in [4.69, 9.17) is 19.4 Å². The molecule has 11 rings (SSSR count). The van der Waals surface area contributed by atoms with E-state index in [2.05, 4.69) is 187 Å². The van der Waals surface area contributed by atoms with E-state index in [1.807, 2.05) is 24.3 Å². The highest BCUT2D eigenvalue weighted by Gasteiger charge is 2.43. The van der Waals surface area contributed by atoms with Gasteiger partial charge in [-0.2, -0.15) is 9.97 Å². The number of rotatable bonds is 7. The fourth-order valence-corrected chi connectivity index (χ4v) is 13.8. The number of nitrogens with zero attached hydrogens (tertiary/aromatic N) is 4. The summed E-state index contributed by atoms with van der Waals surface area (Å²) in [5.74, 6) is 1.80. The van der Waals surface area contributed by atoms with E-state index in [0.717, 1.165) is 54.9 Å². The number of hydrogen-bond acceptors (Lipinski definition) is 4. The van der Waals surface area contributed by atoms with Crippen molar-refractivity contribution in [1.82, 2.24) is 19.5 Å². The summed E-state index contributed by atoms with van der Waals surface area (Å²) in [6, 6.07) is 73.0. The summed E-state index contributed by atoms with van der Waals surface area (Å²) in [6.45, 7) is 0. The van der Waals surface area contributed by atoms with Crippen molar-refractivity contribution in [3.63, 3.8) is 0 Å². The zero-order valence-corrected chi connectivity index (χ0v) is 31.8. The molecule has 5 nitrogen and oxygen atoms in total. The van der Waals surface area contributed by atoms with Crippen LogP contribution in [0.4, 0.5) is 0 Å². The Kier molecular flexibility index (Phi) is 7.76. The van der Waals surface area contributed by atoms with Gasteiger partial charge in [0.2, 0.25) is 5.95 Å². The number of furan rings is 1. The Morgan fingerprint density at radius 3 is 1.54 bits per heavy atom. The second-order valence-corrected chi connectivity index (χ2v) is 18.1. The summed E-state index contributed by atoms with van der Waals surface area (Å²) in [5.41, 5.74) is 5.70. The van der Waals surface area contributed by atoms with E-state index < -0.39 is 8.07 Å². The molecule has 0 atom stereocenters. The maximum atomic E-state index is 6.55. The van der Waals surface area contributed by atoms with Crippen LogP contribution in [0.25, 0.3) is 72.5 Å². The summed E-state index contributed by atoms with van der Waals surface area (Å²) < 4.78 is 8.72. The van der Waals surface area contributed by atoms with Crippen molar-refractivity contribution in [3.05, 3.63) is 206 Å². The molecule has 8 aromatic carbocycles. The van der Waals surface area contributed by atoms with Crippen LogP contribution in [0.1, 0.15) is 0 Å². The molecule has 3 aromatic heterocycles. The minimum absolute atomic E-state index is 0.575. The summed E-state index contributed by atoms with van der Waals surface area (Å²) in [4.78, 5) is 15.8. The van der Waals surface area contributed by atoms with Gasteiger partial charge in [-0.3, -0.25) is 4.57 Å². The minimum atomic E-state index is -3.06. The lowest BCUT2D eigenvalue weighted by molar-refractivity contribution is 0.669. The van der Waals surface area contributed by atoms with Crippen LogP contribution >= 0.6 is 0 Å². The molecule has 3 heterocycles. The van der Waals surface area contributed by atoms with E-state index >= 15 is 0 Å². The maximum absolute atomic E-state index is 6.55. The lowest BCUT2D eigenvalue weighted by Crippen LogP contribution is -2.74. The largest absolute Gasteiger partial charge is 0.456 e. The van der Waals surface area contributed by atoms with Gasteiger partial charge in [-0.25, -0.2) is 4.98 Å². The second-order valence-electron chi connectivity index (χ2n) is 14.4. The first-order chi connectivity index (χ1) is 28.3. The molecule has 11 aromatic rings. The zero-order valence-electron chi connectivity index (χ0n) is 30.8. The number of aromatic nitrogens is 4. The molecule has 0 N–H and O–H groups in total. The maximum Gasteiger partial charge on any atom is 0.238 e. The molecule has 0 fully saturated rings. The number of fused-ring (bicyclic) bond motifs is 6. The third kappa shape index (κ3) is 5.26. The van der Waals surface area contributed by atoms with Crippen LogP contribution in [0.3, 0.4) is 0 Å². The minimum Gasteiger partial charge on any atom is -0.456 e. The number of hydrogen-bond donors (Lipinski definition) is 0. The number of benzene rings is 8. The van der Waals surface area contributed by atoms with Gasteiger partial charge in [-0.05, 0) is 45.0 Å². The Morgan fingerprint density at radius 2 is 0.877 bits per heavy atom. The van der Waals surface area contributed by atoms with Crippen LogP contribution in [-0.2, 0) is 0 Å². The van der Waals surface area contributed by atoms with Crippen LogP contribution < -0.4 is 20.7 Å². The lowest BCUT2D eigenvalue weighted by atomic mass is 10.1. The molecule has 0 unspecified atom stereocenters. The average molecular weight is 747 g/mol. The molecule has 0 amide bonds. The predicted octanol–water partition coefficient (Wildman–Crippen LogP) is 9.58. The predicted molar refractivity (Wildman–Crippen MR) is 236 cm³/mol. The smallest absolute Gasteiger partial charge is 0.238 e. The third-order valence-electron chi connectivity index (χ3n) is 11.2. The fraction of sp³-hybridized carbons (Fsp3) is 0. The summed E-state index contributed by atoms with van der Waals surface area (Å²) in [5, 5.41) is 9.61. The molecular formula is C51H34N4OSi. The molecule has 0 saturated heterocycles. The first-order valence-corrected chi connectivity index (χ1v) is 21.2. The summed E-state index contributed by atoms with van der Waals surface area (Å²) in [6.07, 6.45) is 0. The molecule has 0 bridgehead atoms. The molecule has 6 heteroatoms. The standard InChI is InChI=1S/C51H34N4OSi/c1-4-18-35(19-5-1)49-52-50(54-51(53-49)55-43-29-13-10-26-40(43)41-27-11-14-30-44(41)55)36-20-16-25-39(34-36)57(37-21-6-2-7-22-37,38-23-8-3-9-24-38)47-33-17-32-46-48(47)42-28-12-15-31-45(42)56-46/h1-34H. The van der Waals surface area contributed by atoms with Crippen LogP contribution in [0.5, 0.6) is 0 Å². The molecule has 0 spiro atoms. The molecule has 0 saturated carbocycles. The molecule has 0 aliphatic heterocycles. The monoisotopic (exact) mass is 746 g/mol. The molecule has 268 valence electrons. The van der Waals surface area contributed by atoms with E-state index in [1.165, 1.54) is 20.7 Å². The van der Waals surface area contributed by atoms with Gasteiger partial charge in [0.05, 0.1) is 11.0 Å². The molecule has 57 heavy (non-hydrogen) atoms. The highest BCUT2D eigenvalue weighted by atomic mass is 28.3. The fourth-order valence-electron chi connectivity index (χ4n) is 8.77. The van der Waals surface area contributed by atoms with E-state index in [-0.39, 0.29) is 0 Å². The van der Waals surface area contributed by atoms with Crippen LogP contribution in [0.15, 0.2) is 211 Å².